The molecule has 0 amide bonds. The molecular formula is C13H22O4. The van der Waals surface area contributed by atoms with Crippen LogP contribution in [0.2, 0.25) is 0 Å². The van der Waals surface area contributed by atoms with Crippen molar-refractivity contribution in [3.8, 4) is 0 Å². The average molecular weight is 242 g/mol. The van der Waals surface area contributed by atoms with Crippen LogP contribution in [0.1, 0.15) is 47.5 Å². The van der Waals surface area contributed by atoms with E-state index >= 15 is 0 Å². The van der Waals surface area contributed by atoms with Gasteiger partial charge in [-0.3, -0.25) is 0 Å². The Morgan fingerprint density at radius 2 is 1.53 bits per heavy atom. The van der Waals surface area contributed by atoms with Crippen molar-refractivity contribution in [1.29, 1.82) is 0 Å². The lowest BCUT2D eigenvalue weighted by Gasteiger charge is -2.11. The predicted octanol–water partition coefficient (Wildman–Crippen LogP) is 2.62. The number of carbonyl (C=O) groups is 2. The van der Waals surface area contributed by atoms with Crippen molar-refractivity contribution in [2.75, 3.05) is 0 Å². The summed E-state index contributed by atoms with van der Waals surface area (Å²) in [6.45, 7) is 9.00. The first-order valence-corrected chi connectivity index (χ1v) is 6.00. The van der Waals surface area contributed by atoms with Gasteiger partial charge in [0.25, 0.3) is 0 Å². The van der Waals surface area contributed by atoms with Crippen molar-refractivity contribution in [1.82, 2.24) is 0 Å². The topological polar surface area (TPSA) is 52.6 Å². The standard InChI is InChI=1S/C13H22O4/c1-6-10(4)16-12(14)8-9(3)13(15)17-11(5)7-2/h8,10-11H,6-7H2,1-5H3/b9-8+. The zero-order valence-electron chi connectivity index (χ0n) is 11.3. The van der Waals surface area contributed by atoms with Crippen LogP contribution >= 0.6 is 0 Å². The molecule has 98 valence electrons. The lowest BCUT2D eigenvalue weighted by molar-refractivity contribution is -0.146. The Labute approximate surface area is 103 Å². The van der Waals surface area contributed by atoms with E-state index in [1.54, 1.807) is 13.8 Å². The van der Waals surface area contributed by atoms with E-state index in [9.17, 15) is 9.59 Å². The summed E-state index contributed by atoms with van der Waals surface area (Å²) in [7, 11) is 0. The predicted molar refractivity (Wildman–Crippen MR) is 65.4 cm³/mol. The summed E-state index contributed by atoms with van der Waals surface area (Å²) in [6, 6.07) is 0. The highest BCUT2D eigenvalue weighted by atomic mass is 16.5. The first-order chi connectivity index (χ1) is 7.90. The average Bonchev–Trinajstić information content (AvgIpc) is 2.28. The molecule has 0 N–H and O–H groups in total. The molecule has 0 aliphatic heterocycles. The Hall–Kier alpha value is -1.32. The fraction of sp³-hybridized carbons (Fsp3) is 0.692. The van der Waals surface area contributed by atoms with Gasteiger partial charge in [-0.2, -0.15) is 0 Å². The Morgan fingerprint density at radius 3 is 2.00 bits per heavy atom. The van der Waals surface area contributed by atoms with E-state index in [-0.39, 0.29) is 17.8 Å². The van der Waals surface area contributed by atoms with E-state index in [1.165, 1.54) is 6.08 Å². The minimum absolute atomic E-state index is 0.142. The molecular weight excluding hydrogens is 220 g/mol. The maximum Gasteiger partial charge on any atom is 0.334 e. The van der Waals surface area contributed by atoms with E-state index in [0.29, 0.717) is 0 Å². The molecule has 0 bridgehead atoms. The highest BCUT2D eigenvalue weighted by Crippen LogP contribution is 2.05. The van der Waals surface area contributed by atoms with Gasteiger partial charge in [-0.15, -0.1) is 0 Å². The van der Waals surface area contributed by atoms with Gasteiger partial charge in [0.1, 0.15) is 0 Å². The van der Waals surface area contributed by atoms with Crippen molar-refractivity contribution in [3.05, 3.63) is 11.6 Å². The molecule has 0 spiro atoms. The zero-order valence-corrected chi connectivity index (χ0v) is 11.3. The Bertz CT molecular complexity index is 294. The molecule has 0 aromatic carbocycles. The van der Waals surface area contributed by atoms with Crippen molar-refractivity contribution in [3.63, 3.8) is 0 Å². The van der Waals surface area contributed by atoms with Crippen molar-refractivity contribution in [2.45, 2.75) is 59.7 Å². The van der Waals surface area contributed by atoms with Gasteiger partial charge in [-0.05, 0) is 33.6 Å². The van der Waals surface area contributed by atoms with Crippen LogP contribution in [0.15, 0.2) is 11.6 Å². The molecule has 2 unspecified atom stereocenters. The van der Waals surface area contributed by atoms with Crippen LogP contribution in [-0.2, 0) is 19.1 Å². The summed E-state index contributed by atoms with van der Waals surface area (Å²) in [5, 5.41) is 0. The van der Waals surface area contributed by atoms with E-state index in [2.05, 4.69) is 0 Å². The highest BCUT2D eigenvalue weighted by Gasteiger charge is 2.12. The first-order valence-electron chi connectivity index (χ1n) is 6.00. The molecule has 0 aromatic heterocycles. The maximum absolute atomic E-state index is 11.5. The van der Waals surface area contributed by atoms with Crippen LogP contribution in [0, 0.1) is 0 Å². The molecule has 0 aliphatic carbocycles. The molecule has 0 rings (SSSR count). The molecule has 17 heavy (non-hydrogen) atoms. The van der Waals surface area contributed by atoms with Crippen LogP contribution in [0.5, 0.6) is 0 Å². The summed E-state index contributed by atoms with van der Waals surface area (Å²) >= 11 is 0. The van der Waals surface area contributed by atoms with Crippen LogP contribution in [0.3, 0.4) is 0 Å². The third kappa shape index (κ3) is 6.76. The molecule has 4 heteroatoms. The fourth-order valence-corrected chi connectivity index (χ4v) is 0.910. The fourth-order valence-electron chi connectivity index (χ4n) is 0.910. The summed E-state index contributed by atoms with van der Waals surface area (Å²) in [5.74, 6) is -0.974. The van der Waals surface area contributed by atoms with E-state index in [1.807, 2.05) is 20.8 Å². The van der Waals surface area contributed by atoms with Gasteiger partial charge in [-0.25, -0.2) is 9.59 Å². The molecule has 0 saturated heterocycles. The number of rotatable bonds is 6. The number of hydrogen-bond acceptors (Lipinski definition) is 4. The van der Waals surface area contributed by atoms with Gasteiger partial charge < -0.3 is 9.47 Å². The normalized spacial score (nSPS) is 15.0. The van der Waals surface area contributed by atoms with Gasteiger partial charge >= 0.3 is 11.9 Å². The lowest BCUT2D eigenvalue weighted by Crippen LogP contribution is -2.17. The smallest absolute Gasteiger partial charge is 0.334 e. The second-order valence-corrected chi connectivity index (χ2v) is 4.11. The highest BCUT2D eigenvalue weighted by molar-refractivity contribution is 5.95. The second-order valence-electron chi connectivity index (χ2n) is 4.11. The van der Waals surface area contributed by atoms with Crippen molar-refractivity contribution >= 4 is 11.9 Å². The lowest BCUT2D eigenvalue weighted by atomic mass is 10.2. The number of ether oxygens (including phenoxy) is 2. The minimum atomic E-state index is -0.502. The quantitative estimate of drug-likeness (QED) is 0.530. The molecule has 0 radical (unpaired) electrons. The van der Waals surface area contributed by atoms with Crippen molar-refractivity contribution in [2.24, 2.45) is 0 Å². The van der Waals surface area contributed by atoms with Gasteiger partial charge in [0.2, 0.25) is 0 Å². The third-order valence-electron chi connectivity index (χ3n) is 2.43. The third-order valence-corrected chi connectivity index (χ3v) is 2.43. The van der Waals surface area contributed by atoms with Gasteiger partial charge in [0.05, 0.1) is 12.2 Å². The number of esters is 2. The maximum atomic E-state index is 11.5. The van der Waals surface area contributed by atoms with E-state index < -0.39 is 11.9 Å². The van der Waals surface area contributed by atoms with Crippen LogP contribution in [-0.4, -0.2) is 24.1 Å². The summed E-state index contributed by atoms with van der Waals surface area (Å²) < 4.78 is 10.1. The molecule has 0 aliphatic rings. The number of hydrogen-bond donors (Lipinski definition) is 0. The summed E-state index contributed by atoms with van der Waals surface area (Å²) in [6.07, 6.45) is 2.39. The summed E-state index contributed by atoms with van der Waals surface area (Å²) in [5.41, 5.74) is 0.263. The molecule has 0 saturated carbocycles. The SMILES string of the molecule is CCC(C)OC(=O)/C=C(\C)C(=O)OC(C)CC. The van der Waals surface area contributed by atoms with Gasteiger partial charge in [0.15, 0.2) is 0 Å². The van der Waals surface area contributed by atoms with Gasteiger partial charge in [-0.1, -0.05) is 13.8 Å². The monoisotopic (exact) mass is 242 g/mol. The van der Waals surface area contributed by atoms with E-state index in [4.69, 9.17) is 9.47 Å². The molecule has 0 heterocycles. The molecule has 4 nitrogen and oxygen atoms in total. The Balaban J connectivity index is 4.32. The van der Waals surface area contributed by atoms with Crippen LogP contribution in [0.4, 0.5) is 0 Å². The second kappa shape index (κ2) is 7.87. The summed E-state index contributed by atoms with van der Waals surface area (Å²) in [4.78, 5) is 22.9. The molecule has 0 aromatic rings. The number of carbonyl (C=O) groups excluding carboxylic acids is 2. The van der Waals surface area contributed by atoms with Crippen molar-refractivity contribution < 1.29 is 19.1 Å². The molecule has 0 fully saturated rings. The van der Waals surface area contributed by atoms with Gasteiger partial charge in [0, 0.05) is 11.6 Å². The minimum Gasteiger partial charge on any atom is -0.460 e. The Morgan fingerprint density at radius 1 is 1.06 bits per heavy atom. The first kappa shape index (κ1) is 15.7. The van der Waals surface area contributed by atoms with Crippen LogP contribution < -0.4 is 0 Å². The van der Waals surface area contributed by atoms with Crippen LogP contribution in [0.25, 0.3) is 0 Å². The largest absolute Gasteiger partial charge is 0.460 e. The molecule has 2 atom stereocenters. The Kier molecular flexibility index (Phi) is 7.26. The van der Waals surface area contributed by atoms with E-state index in [0.717, 1.165) is 12.8 Å². The zero-order chi connectivity index (χ0) is 13.4.